The molecular formula is C89H174O17P2. The first kappa shape index (κ1) is 106. The zero-order valence-corrected chi connectivity index (χ0v) is 73.0. The Labute approximate surface area is 664 Å². The molecule has 0 aliphatic rings. The Hall–Kier alpha value is -1.94. The average molecular weight is 1580 g/mol. The molecule has 0 saturated heterocycles. The van der Waals surface area contributed by atoms with Crippen LogP contribution in [0.1, 0.15) is 478 Å². The summed E-state index contributed by atoms with van der Waals surface area (Å²) in [5, 5.41) is 10.7. The van der Waals surface area contributed by atoms with Crippen LogP contribution in [0.3, 0.4) is 0 Å². The third kappa shape index (κ3) is 82.1. The second-order valence-electron chi connectivity index (χ2n) is 32.9. The summed E-state index contributed by atoms with van der Waals surface area (Å²) in [6.07, 6.45) is 73.6. The number of ether oxygens (including phenoxy) is 4. The molecule has 0 aromatic rings. The third-order valence-electron chi connectivity index (χ3n) is 21.0. The molecule has 3 N–H and O–H groups in total. The quantitative estimate of drug-likeness (QED) is 0.0222. The van der Waals surface area contributed by atoms with E-state index >= 15 is 0 Å². The van der Waals surface area contributed by atoms with Gasteiger partial charge in [-0.3, -0.25) is 37.3 Å². The number of rotatable bonds is 88. The normalized spacial score (nSPS) is 13.8. The van der Waals surface area contributed by atoms with Gasteiger partial charge >= 0.3 is 39.5 Å². The van der Waals surface area contributed by atoms with Gasteiger partial charge < -0.3 is 33.8 Å². The molecule has 0 aliphatic heterocycles. The molecule has 0 aliphatic carbocycles. The number of carbonyl (C=O) groups is 4. The van der Waals surface area contributed by atoms with Crippen LogP contribution in [0.5, 0.6) is 0 Å². The Morgan fingerprint density at radius 2 is 0.426 bits per heavy atom. The first-order valence-corrected chi connectivity index (χ1v) is 49.0. The van der Waals surface area contributed by atoms with Gasteiger partial charge in [0.25, 0.3) is 0 Å². The van der Waals surface area contributed by atoms with E-state index in [-0.39, 0.29) is 25.7 Å². The molecule has 0 heterocycles. The van der Waals surface area contributed by atoms with E-state index in [1.54, 1.807) is 0 Å². The number of carbonyl (C=O) groups excluding carboxylic acids is 4. The van der Waals surface area contributed by atoms with Gasteiger partial charge in [0.15, 0.2) is 12.2 Å². The molecule has 2 unspecified atom stereocenters. The molecule has 0 saturated carbocycles. The summed E-state index contributed by atoms with van der Waals surface area (Å²) in [6.45, 7) is 9.74. The monoisotopic (exact) mass is 1580 g/mol. The van der Waals surface area contributed by atoms with E-state index in [1.165, 1.54) is 295 Å². The second-order valence-corrected chi connectivity index (χ2v) is 35.8. The maximum Gasteiger partial charge on any atom is 0.472 e. The van der Waals surface area contributed by atoms with Crippen LogP contribution in [-0.4, -0.2) is 96.7 Å². The van der Waals surface area contributed by atoms with Gasteiger partial charge in [0.05, 0.1) is 26.4 Å². The molecule has 19 heteroatoms. The zero-order valence-electron chi connectivity index (χ0n) is 71.2. The Balaban J connectivity index is 5.22. The van der Waals surface area contributed by atoms with E-state index in [0.29, 0.717) is 25.7 Å². The minimum absolute atomic E-state index is 0.108. The van der Waals surface area contributed by atoms with E-state index in [1.807, 2.05) is 0 Å². The van der Waals surface area contributed by atoms with Gasteiger partial charge in [-0.1, -0.05) is 427 Å². The molecule has 0 aromatic carbocycles. The van der Waals surface area contributed by atoms with Crippen LogP contribution in [0.25, 0.3) is 0 Å². The van der Waals surface area contributed by atoms with Crippen LogP contribution in [0, 0.1) is 11.8 Å². The van der Waals surface area contributed by atoms with Gasteiger partial charge in [0.2, 0.25) is 0 Å². The van der Waals surface area contributed by atoms with E-state index in [4.69, 9.17) is 37.0 Å². The van der Waals surface area contributed by atoms with Gasteiger partial charge in [-0.05, 0) is 37.5 Å². The highest BCUT2D eigenvalue weighted by Crippen LogP contribution is 2.45. The SMILES string of the molecule is CCCCCCCCCCCCCCCCCCCCCCC(=O)O[C@H](COC(=O)CCCCCCCCCCCCCCCCCCC(C)C)COP(=O)(O)OC[C@@H](O)COP(=O)(O)OC[C@@H](COC(=O)CCCCCCCCCCCC)OC(=O)CCCCCCCCCCCCCCCCCCC(C)C. The van der Waals surface area contributed by atoms with Crippen molar-refractivity contribution in [2.75, 3.05) is 39.6 Å². The molecule has 0 bridgehead atoms. The number of phosphoric ester groups is 2. The molecule has 0 amide bonds. The predicted octanol–water partition coefficient (Wildman–Crippen LogP) is 27.4. The zero-order chi connectivity index (χ0) is 79.2. The van der Waals surface area contributed by atoms with Crippen molar-refractivity contribution in [3.8, 4) is 0 Å². The first-order chi connectivity index (χ1) is 52.4. The van der Waals surface area contributed by atoms with Crippen molar-refractivity contribution in [1.82, 2.24) is 0 Å². The summed E-state index contributed by atoms with van der Waals surface area (Å²) in [5.41, 5.74) is 0. The van der Waals surface area contributed by atoms with Crippen molar-refractivity contribution >= 4 is 39.5 Å². The summed E-state index contributed by atoms with van der Waals surface area (Å²) in [6, 6.07) is 0. The summed E-state index contributed by atoms with van der Waals surface area (Å²) in [4.78, 5) is 73.3. The summed E-state index contributed by atoms with van der Waals surface area (Å²) >= 11 is 0. The van der Waals surface area contributed by atoms with Crippen LogP contribution in [0.4, 0.5) is 0 Å². The number of hydrogen-bond donors (Lipinski definition) is 3. The maximum atomic E-state index is 13.2. The number of phosphoric acid groups is 2. The van der Waals surface area contributed by atoms with E-state index < -0.39 is 97.5 Å². The lowest BCUT2D eigenvalue weighted by atomic mass is 10.0. The molecule has 0 fully saturated rings. The lowest BCUT2D eigenvalue weighted by Gasteiger charge is -2.21. The largest absolute Gasteiger partial charge is 0.472 e. The lowest BCUT2D eigenvalue weighted by molar-refractivity contribution is -0.161. The van der Waals surface area contributed by atoms with Gasteiger partial charge in [-0.2, -0.15) is 0 Å². The Morgan fingerprint density at radius 1 is 0.250 bits per heavy atom. The minimum atomic E-state index is -4.97. The first-order valence-electron chi connectivity index (χ1n) is 46.0. The number of esters is 4. The molecular weight excluding hydrogens is 1400 g/mol. The van der Waals surface area contributed by atoms with Gasteiger partial charge in [-0.25, -0.2) is 9.13 Å². The molecule has 0 rings (SSSR count). The number of hydrogen-bond acceptors (Lipinski definition) is 15. The van der Waals surface area contributed by atoms with Crippen molar-refractivity contribution in [3.05, 3.63) is 0 Å². The highest BCUT2D eigenvalue weighted by molar-refractivity contribution is 7.47. The topological polar surface area (TPSA) is 237 Å². The van der Waals surface area contributed by atoms with Crippen LogP contribution in [0.15, 0.2) is 0 Å². The second kappa shape index (κ2) is 80.3. The molecule has 0 aromatic heterocycles. The fourth-order valence-electron chi connectivity index (χ4n) is 14.0. The lowest BCUT2D eigenvalue weighted by Crippen LogP contribution is -2.30. The van der Waals surface area contributed by atoms with E-state index in [9.17, 15) is 43.2 Å². The number of aliphatic hydroxyl groups excluding tert-OH is 1. The smallest absolute Gasteiger partial charge is 0.462 e. The van der Waals surface area contributed by atoms with Crippen LogP contribution in [0.2, 0.25) is 0 Å². The Kier molecular flexibility index (Phi) is 78.8. The average Bonchev–Trinajstić information content (AvgIpc) is 0.802. The molecule has 17 nitrogen and oxygen atoms in total. The van der Waals surface area contributed by atoms with E-state index in [2.05, 4.69) is 41.5 Å². The Bertz CT molecular complexity index is 2060. The Morgan fingerprint density at radius 3 is 0.630 bits per heavy atom. The fraction of sp³-hybridized carbons (Fsp3) is 0.955. The van der Waals surface area contributed by atoms with Crippen LogP contribution < -0.4 is 0 Å². The molecule has 0 spiro atoms. The molecule has 642 valence electrons. The van der Waals surface area contributed by atoms with Crippen molar-refractivity contribution in [3.63, 3.8) is 0 Å². The summed E-state index contributed by atoms with van der Waals surface area (Å²) in [7, 11) is -9.93. The van der Waals surface area contributed by atoms with Crippen LogP contribution in [-0.2, 0) is 65.4 Å². The minimum Gasteiger partial charge on any atom is -0.462 e. The van der Waals surface area contributed by atoms with Gasteiger partial charge in [-0.15, -0.1) is 0 Å². The van der Waals surface area contributed by atoms with Crippen molar-refractivity contribution in [1.29, 1.82) is 0 Å². The van der Waals surface area contributed by atoms with Crippen molar-refractivity contribution in [2.45, 2.75) is 496 Å². The highest BCUT2D eigenvalue weighted by atomic mass is 31.2. The predicted molar refractivity (Wildman–Crippen MR) is 446 cm³/mol. The fourth-order valence-corrected chi connectivity index (χ4v) is 15.5. The summed E-state index contributed by atoms with van der Waals surface area (Å²) < 4.78 is 69.0. The third-order valence-corrected chi connectivity index (χ3v) is 22.9. The standard InChI is InChI=1S/C89H174O17P2/c1-7-9-11-13-15-17-19-20-21-22-23-24-25-33-38-43-49-55-61-67-73-89(94)106-85(78-100-87(92)72-66-60-54-48-42-37-32-28-26-30-35-40-45-51-57-63-69-81(3)4)80-104-108(97,98)102-76-83(90)75-101-107(95,96)103-79-84(77-99-86(91)71-65-59-53-47-18-16-14-12-10-8-2)105-88(93)74-68-62-56-50-44-39-34-29-27-31-36-41-46-52-58-64-70-82(5)6/h81-85,90H,7-80H2,1-6H3,(H,95,96)(H,97,98)/t83-,84+,85+/m0/s1. The highest BCUT2D eigenvalue weighted by Gasteiger charge is 2.31. The van der Waals surface area contributed by atoms with Crippen molar-refractivity contribution < 1.29 is 80.2 Å². The van der Waals surface area contributed by atoms with Crippen LogP contribution >= 0.6 is 15.6 Å². The molecule has 108 heavy (non-hydrogen) atoms. The van der Waals surface area contributed by atoms with Crippen molar-refractivity contribution in [2.24, 2.45) is 11.8 Å². The summed E-state index contributed by atoms with van der Waals surface area (Å²) in [5.74, 6) is -0.476. The van der Waals surface area contributed by atoms with E-state index in [0.717, 1.165) is 102 Å². The maximum absolute atomic E-state index is 13.2. The number of unbranched alkanes of at least 4 members (excludes halogenated alkanes) is 58. The molecule has 0 radical (unpaired) electrons. The molecule has 5 atom stereocenters. The van der Waals surface area contributed by atoms with Gasteiger partial charge in [0.1, 0.15) is 19.3 Å². The van der Waals surface area contributed by atoms with Gasteiger partial charge in [0, 0.05) is 25.7 Å². The number of aliphatic hydroxyl groups is 1.